The Morgan fingerprint density at radius 3 is 2.64 bits per heavy atom. The number of allylic oxidation sites excluding steroid dienone is 1. The van der Waals surface area contributed by atoms with E-state index in [2.05, 4.69) is 11.0 Å². The summed E-state index contributed by atoms with van der Waals surface area (Å²) in [5, 5.41) is 0. The lowest BCUT2D eigenvalue weighted by Crippen LogP contribution is -2.35. The van der Waals surface area contributed by atoms with E-state index in [9.17, 15) is 0 Å². The van der Waals surface area contributed by atoms with E-state index in [0.717, 1.165) is 19.1 Å². The summed E-state index contributed by atoms with van der Waals surface area (Å²) in [7, 11) is 1.79. The molecule has 1 fully saturated rings. The molecular formula is C11H20ClNO. The number of methoxy groups -OCH3 is 1. The average Bonchev–Trinajstić information content (AvgIpc) is 2.21. The van der Waals surface area contributed by atoms with Crippen LogP contribution in [0.1, 0.15) is 12.8 Å². The molecule has 2 nitrogen and oxygen atoms in total. The van der Waals surface area contributed by atoms with Gasteiger partial charge in [0.05, 0.1) is 0 Å². The highest BCUT2D eigenvalue weighted by atomic mass is 35.5. The molecule has 0 unspecified atom stereocenters. The van der Waals surface area contributed by atoms with Crippen LogP contribution >= 0.6 is 11.6 Å². The van der Waals surface area contributed by atoms with E-state index in [4.69, 9.17) is 16.3 Å². The Bertz CT molecular complexity index is 165. The Morgan fingerprint density at radius 2 is 2.07 bits per heavy atom. The second kappa shape index (κ2) is 7.27. The first-order valence-electron chi connectivity index (χ1n) is 5.29. The van der Waals surface area contributed by atoms with E-state index in [-0.39, 0.29) is 0 Å². The first-order valence-corrected chi connectivity index (χ1v) is 5.82. The zero-order valence-electron chi connectivity index (χ0n) is 8.92. The second-order valence-corrected chi connectivity index (χ2v) is 4.13. The molecular weight excluding hydrogens is 198 g/mol. The average molecular weight is 218 g/mol. The third-order valence-electron chi connectivity index (χ3n) is 2.73. The highest BCUT2D eigenvalue weighted by molar-refractivity contribution is 6.18. The molecule has 0 bridgehead atoms. The van der Waals surface area contributed by atoms with Gasteiger partial charge >= 0.3 is 0 Å². The summed E-state index contributed by atoms with van der Waals surface area (Å²) in [5.74, 6) is 1.40. The zero-order chi connectivity index (χ0) is 10.2. The zero-order valence-corrected chi connectivity index (χ0v) is 9.67. The van der Waals surface area contributed by atoms with Crippen LogP contribution < -0.4 is 0 Å². The summed E-state index contributed by atoms with van der Waals surface area (Å²) >= 11 is 5.56. The molecule has 0 aromatic heterocycles. The highest BCUT2D eigenvalue weighted by Gasteiger charge is 2.17. The van der Waals surface area contributed by atoms with Crippen LogP contribution in [-0.2, 0) is 4.74 Å². The van der Waals surface area contributed by atoms with Gasteiger partial charge in [0.2, 0.25) is 0 Å². The highest BCUT2D eigenvalue weighted by Crippen LogP contribution is 2.16. The number of hydrogen-bond acceptors (Lipinski definition) is 2. The van der Waals surface area contributed by atoms with E-state index in [1.165, 1.54) is 25.9 Å². The fourth-order valence-electron chi connectivity index (χ4n) is 1.86. The number of halogens is 1. The van der Waals surface area contributed by atoms with Crippen molar-refractivity contribution in [2.75, 3.05) is 39.2 Å². The third-order valence-corrected chi connectivity index (χ3v) is 2.91. The molecule has 0 spiro atoms. The van der Waals surface area contributed by atoms with Gasteiger partial charge in [0.25, 0.3) is 0 Å². The maximum Gasteiger partial charge on any atom is 0.0491 e. The molecule has 1 rings (SSSR count). The standard InChI is InChI=1S/C11H20ClNO/c1-14-10-11-4-8-13(9-5-11)7-3-2-6-12/h2-3,11H,4-10H2,1H3. The number of hydrogen-bond donors (Lipinski definition) is 0. The van der Waals surface area contributed by atoms with Gasteiger partial charge in [-0.2, -0.15) is 0 Å². The van der Waals surface area contributed by atoms with Gasteiger partial charge in [0.15, 0.2) is 0 Å². The van der Waals surface area contributed by atoms with E-state index in [0.29, 0.717) is 5.88 Å². The van der Waals surface area contributed by atoms with Gasteiger partial charge in [-0.3, -0.25) is 4.90 Å². The lowest BCUT2D eigenvalue weighted by molar-refractivity contribution is 0.104. The number of rotatable bonds is 5. The molecule has 0 radical (unpaired) electrons. The lowest BCUT2D eigenvalue weighted by Gasteiger charge is -2.30. The Morgan fingerprint density at radius 1 is 1.36 bits per heavy atom. The largest absolute Gasteiger partial charge is 0.384 e. The van der Waals surface area contributed by atoms with Crippen molar-refractivity contribution in [3.63, 3.8) is 0 Å². The molecule has 1 saturated heterocycles. The molecule has 3 heteroatoms. The van der Waals surface area contributed by atoms with Crippen LogP contribution in [0.3, 0.4) is 0 Å². The first-order chi connectivity index (χ1) is 6.86. The van der Waals surface area contributed by atoms with Crippen molar-refractivity contribution in [3.05, 3.63) is 12.2 Å². The predicted octanol–water partition coefficient (Wildman–Crippen LogP) is 2.14. The summed E-state index contributed by atoms with van der Waals surface area (Å²) in [6.45, 7) is 4.36. The van der Waals surface area contributed by atoms with Crippen LogP contribution in [0.15, 0.2) is 12.2 Å². The van der Waals surface area contributed by atoms with Crippen LogP contribution in [0.4, 0.5) is 0 Å². The van der Waals surface area contributed by atoms with E-state index < -0.39 is 0 Å². The summed E-state index contributed by atoms with van der Waals surface area (Å²) < 4.78 is 5.17. The number of nitrogens with zero attached hydrogens (tertiary/aromatic N) is 1. The quantitative estimate of drug-likeness (QED) is 0.517. The minimum Gasteiger partial charge on any atom is -0.384 e. The van der Waals surface area contributed by atoms with Crippen molar-refractivity contribution in [1.82, 2.24) is 4.90 Å². The number of likely N-dealkylation sites (tertiary alicyclic amines) is 1. The summed E-state index contributed by atoms with van der Waals surface area (Å²) in [6, 6.07) is 0. The molecule has 1 aliphatic heterocycles. The van der Waals surface area contributed by atoms with Gasteiger partial charge in [-0.05, 0) is 31.8 Å². The van der Waals surface area contributed by atoms with E-state index in [1.54, 1.807) is 7.11 Å². The fourth-order valence-corrected chi connectivity index (χ4v) is 1.98. The van der Waals surface area contributed by atoms with Gasteiger partial charge in [0.1, 0.15) is 0 Å². The smallest absolute Gasteiger partial charge is 0.0491 e. The second-order valence-electron chi connectivity index (χ2n) is 3.83. The van der Waals surface area contributed by atoms with E-state index >= 15 is 0 Å². The number of piperidine rings is 1. The van der Waals surface area contributed by atoms with Gasteiger partial charge in [0, 0.05) is 26.1 Å². The summed E-state index contributed by atoms with van der Waals surface area (Å²) in [4.78, 5) is 2.47. The minimum atomic E-state index is 0.625. The molecule has 0 amide bonds. The molecule has 0 atom stereocenters. The monoisotopic (exact) mass is 217 g/mol. The molecule has 0 saturated carbocycles. The van der Waals surface area contributed by atoms with Crippen molar-refractivity contribution in [1.29, 1.82) is 0 Å². The molecule has 14 heavy (non-hydrogen) atoms. The summed E-state index contributed by atoms with van der Waals surface area (Å²) in [6.07, 6.45) is 6.71. The molecule has 1 aliphatic rings. The Balaban J connectivity index is 2.12. The minimum absolute atomic E-state index is 0.625. The summed E-state index contributed by atoms with van der Waals surface area (Å²) in [5.41, 5.74) is 0. The van der Waals surface area contributed by atoms with Crippen LogP contribution in [-0.4, -0.2) is 44.1 Å². The number of alkyl halides is 1. The fraction of sp³-hybridized carbons (Fsp3) is 0.818. The molecule has 0 aromatic carbocycles. The SMILES string of the molecule is COCC1CCN(CC=CCCl)CC1. The Labute approximate surface area is 91.9 Å². The van der Waals surface area contributed by atoms with E-state index in [1.807, 2.05) is 6.08 Å². The molecule has 82 valence electrons. The van der Waals surface area contributed by atoms with Gasteiger partial charge < -0.3 is 4.74 Å². The Kier molecular flexibility index (Phi) is 6.24. The molecule has 0 aromatic rings. The third kappa shape index (κ3) is 4.45. The number of ether oxygens (including phenoxy) is 1. The van der Waals surface area contributed by atoms with Crippen LogP contribution in [0.25, 0.3) is 0 Å². The Hall–Kier alpha value is -0.0500. The van der Waals surface area contributed by atoms with Crippen molar-refractivity contribution < 1.29 is 4.74 Å². The predicted molar refractivity (Wildman–Crippen MR) is 60.9 cm³/mol. The molecule has 0 aliphatic carbocycles. The molecule has 0 N–H and O–H groups in total. The maximum atomic E-state index is 5.56. The van der Waals surface area contributed by atoms with Crippen molar-refractivity contribution >= 4 is 11.6 Å². The van der Waals surface area contributed by atoms with Gasteiger partial charge in [-0.15, -0.1) is 11.6 Å². The van der Waals surface area contributed by atoms with Gasteiger partial charge in [-0.25, -0.2) is 0 Å². The van der Waals surface area contributed by atoms with Crippen molar-refractivity contribution in [2.45, 2.75) is 12.8 Å². The van der Waals surface area contributed by atoms with Crippen LogP contribution in [0, 0.1) is 5.92 Å². The lowest BCUT2D eigenvalue weighted by atomic mass is 9.98. The van der Waals surface area contributed by atoms with Crippen LogP contribution in [0.2, 0.25) is 0 Å². The van der Waals surface area contributed by atoms with Crippen LogP contribution in [0.5, 0.6) is 0 Å². The molecule has 1 heterocycles. The van der Waals surface area contributed by atoms with Crippen molar-refractivity contribution in [2.24, 2.45) is 5.92 Å². The topological polar surface area (TPSA) is 12.5 Å². The van der Waals surface area contributed by atoms with Gasteiger partial charge in [-0.1, -0.05) is 12.2 Å². The maximum absolute atomic E-state index is 5.56. The van der Waals surface area contributed by atoms with Crippen molar-refractivity contribution in [3.8, 4) is 0 Å². The normalized spacial score (nSPS) is 20.7. The first kappa shape index (κ1) is 12.0.